The molecule has 0 aliphatic heterocycles. The second-order valence-electron chi connectivity index (χ2n) is 1.92. The van der Waals surface area contributed by atoms with Crippen molar-refractivity contribution >= 4 is 6.34 Å². The van der Waals surface area contributed by atoms with Crippen molar-refractivity contribution in [1.29, 1.82) is 0 Å². The van der Waals surface area contributed by atoms with E-state index in [0.717, 1.165) is 0 Å². The van der Waals surface area contributed by atoms with Crippen molar-refractivity contribution in [1.82, 2.24) is 0 Å². The lowest BCUT2D eigenvalue weighted by Gasteiger charge is -2.10. The molecule has 0 unspecified atom stereocenters. The number of aliphatic hydroxyl groups is 1. The molecule has 0 spiro atoms. The van der Waals surface area contributed by atoms with E-state index in [1.165, 1.54) is 20.4 Å². The monoisotopic (exact) mass is 119 g/mol. The van der Waals surface area contributed by atoms with Gasteiger partial charge in [-0.05, 0) is 0 Å². The number of aliphatic hydroxyl groups excluding tert-OH is 1. The number of quaternary nitrogens is 1. The van der Waals surface area contributed by atoms with Gasteiger partial charge in [-0.3, -0.25) is 0 Å². The van der Waals surface area contributed by atoms with Crippen molar-refractivity contribution in [2.24, 2.45) is 4.99 Å². The standard InChI is InChI=1S/C4H11N2O2/c1-6(2,8)3-5-4-7/h3,7-8H,4H2,1-2H3/q+1. The number of hydrogen-bond acceptors (Lipinski definition) is 3. The zero-order chi connectivity index (χ0) is 6.62. The van der Waals surface area contributed by atoms with E-state index in [1.54, 1.807) is 0 Å². The van der Waals surface area contributed by atoms with E-state index in [1.807, 2.05) is 0 Å². The van der Waals surface area contributed by atoms with Crippen molar-refractivity contribution in [3.05, 3.63) is 0 Å². The molecule has 0 aromatic heterocycles. The molecule has 0 fully saturated rings. The van der Waals surface area contributed by atoms with Crippen LogP contribution in [0.5, 0.6) is 0 Å². The lowest BCUT2D eigenvalue weighted by atomic mass is 10.9. The summed E-state index contributed by atoms with van der Waals surface area (Å²) in [6.07, 6.45) is 1.24. The molecule has 2 N–H and O–H groups in total. The second kappa shape index (κ2) is 2.76. The van der Waals surface area contributed by atoms with E-state index in [4.69, 9.17) is 10.3 Å². The van der Waals surface area contributed by atoms with Gasteiger partial charge < -0.3 is 5.11 Å². The third-order valence-electron chi connectivity index (χ3n) is 0.446. The van der Waals surface area contributed by atoms with Crippen LogP contribution in [-0.4, -0.2) is 42.1 Å². The third-order valence-corrected chi connectivity index (χ3v) is 0.446. The van der Waals surface area contributed by atoms with Gasteiger partial charge in [0.05, 0.1) is 0 Å². The van der Waals surface area contributed by atoms with Gasteiger partial charge >= 0.3 is 0 Å². The van der Waals surface area contributed by atoms with Gasteiger partial charge in [0.1, 0.15) is 20.8 Å². The summed E-state index contributed by atoms with van der Waals surface area (Å²) in [6, 6.07) is 0. The quantitative estimate of drug-likeness (QED) is 0.221. The maximum Gasteiger partial charge on any atom is 0.219 e. The molecule has 4 heteroatoms. The molecule has 8 heavy (non-hydrogen) atoms. The summed E-state index contributed by atoms with van der Waals surface area (Å²) in [6.45, 7) is -0.276. The SMILES string of the molecule is C[N+](C)(O)C=NCO. The van der Waals surface area contributed by atoms with E-state index < -0.39 is 0 Å². The van der Waals surface area contributed by atoms with Crippen LogP contribution in [0.3, 0.4) is 0 Å². The van der Waals surface area contributed by atoms with Crippen molar-refractivity contribution in [3.8, 4) is 0 Å². The van der Waals surface area contributed by atoms with Crippen LogP contribution in [0.25, 0.3) is 0 Å². The first-order valence-corrected chi connectivity index (χ1v) is 2.24. The molecule has 0 rings (SSSR count). The molecule has 0 heterocycles. The zero-order valence-corrected chi connectivity index (χ0v) is 5.07. The van der Waals surface area contributed by atoms with E-state index in [-0.39, 0.29) is 11.4 Å². The largest absolute Gasteiger partial charge is 0.374 e. The summed E-state index contributed by atoms with van der Waals surface area (Å²) in [7, 11) is 3.05. The Morgan fingerprint density at radius 3 is 2.25 bits per heavy atom. The number of nitrogens with zero attached hydrogens (tertiary/aromatic N) is 2. The average molecular weight is 119 g/mol. The predicted molar refractivity (Wildman–Crippen MR) is 29.5 cm³/mol. The molecule has 48 valence electrons. The summed E-state index contributed by atoms with van der Waals surface area (Å²) < 4.78 is -0.347. The van der Waals surface area contributed by atoms with Crippen molar-refractivity contribution < 1.29 is 15.0 Å². The Labute approximate surface area is 48.2 Å². The van der Waals surface area contributed by atoms with Gasteiger partial charge in [0.2, 0.25) is 6.34 Å². The van der Waals surface area contributed by atoms with E-state index >= 15 is 0 Å². The number of rotatable bonds is 2. The molecule has 0 saturated heterocycles. The highest BCUT2D eigenvalue weighted by molar-refractivity contribution is 5.44. The minimum Gasteiger partial charge on any atom is -0.374 e. The van der Waals surface area contributed by atoms with Gasteiger partial charge in [0.15, 0.2) is 0 Å². The minimum absolute atomic E-state index is 0.276. The minimum atomic E-state index is -0.347. The molecule has 0 radical (unpaired) electrons. The second-order valence-corrected chi connectivity index (χ2v) is 1.92. The highest BCUT2D eigenvalue weighted by Crippen LogP contribution is 1.80. The van der Waals surface area contributed by atoms with Crippen molar-refractivity contribution in [2.75, 3.05) is 20.8 Å². The molecule has 0 saturated carbocycles. The van der Waals surface area contributed by atoms with Gasteiger partial charge in [-0.15, -0.1) is 4.65 Å². The van der Waals surface area contributed by atoms with E-state index in [9.17, 15) is 0 Å². The van der Waals surface area contributed by atoms with Gasteiger partial charge in [-0.25, -0.2) is 10.2 Å². The first kappa shape index (κ1) is 7.55. The van der Waals surface area contributed by atoms with Crippen LogP contribution in [0.15, 0.2) is 4.99 Å². The Kier molecular flexibility index (Phi) is 2.60. The van der Waals surface area contributed by atoms with Crippen LogP contribution in [0.2, 0.25) is 0 Å². The van der Waals surface area contributed by atoms with E-state index in [0.29, 0.717) is 0 Å². The summed E-state index contributed by atoms with van der Waals surface area (Å²) >= 11 is 0. The third kappa shape index (κ3) is 5.55. The number of aliphatic imine (C=N–C) groups is 1. The van der Waals surface area contributed by atoms with Crippen molar-refractivity contribution in [2.45, 2.75) is 0 Å². The van der Waals surface area contributed by atoms with Crippen molar-refractivity contribution in [3.63, 3.8) is 0 Å². The van der Waals surface area contributed by atoms with Crippen LogP contribution >= 0.6 is 0 Å². The molecular weight excluding hydrogens is 108 g/mol. The summed E-state index contributed by atoms with van der Waals surface area (Å²) in [5.74, 6) is 0. The molecule has 0 aromatic carbocycles. The molecule has 0 aliphatic carbocycles. The highest BCUT2D eigenvalue weighted by Gasteiger charge is 2.02. The summed E-state index contributed by atoms with van der Waals surface area (Å²) in [4.78, 5) is 3.40. The maximum absolute atomic E-state index is 8.83. The van der Waals surface area contributed by atoms with Gasteiger partial charge in [-0.1, -0.05) is 0 Å². The van der Waals surface area contributed by atoms with Gasteiger partial charge in [0, 0.05) is 0 Å². The first-order valence-electron chi connectivity index (χ1n) is 2.24. The Hall–Kier alpha value is -0.450. The predicted octanol–water partition coefficient (Wildman–Crippen LogP) is -0.570. The van der Waals surface area contributed by atoms with E-state index in [2.05, 4.69) is 4.99 Å². The topological polar surface area (TPSA) is 52.8 Å². The molecule has 0 aromatic rings. The molecule has 0 aliphatic rings. The Morgan fingerprint density at radius 2 is 2.12 bits per heavy atom. The highest BCUT2D eigenvalue weighted by atomic mass is 16.5. The Balaban J connectivity index is 3.52. The Bertz CT molecular complexity index is 84.5. The fourth-order valence-corrected chi connectivity index (χ4v) is 0.236. The summed E-state index contributed by atoms with van der Waals surface area (Å²) in [5, 5.41) is 16.9. The van der Waals surface area contributed by atoms with Crippen LogP contribution in [0.4, 0.5) is 0 Å². The first-order chi connectivity index (χ1) is 3.56. The number of hydrogen-bond donors (Lipinski definition) is 2. The fourth-order valence-electron chi connectivity index (χ4n) is 0.236. The lowest BCUT2D eigenvalue weighted by Crippen LogP contribution is -2.33. The molecule has 0 amide bonds. The lowest BCUT2D eigenvalue weighted by molar-refractivity contribution is -0.994. The molecule has 0 bridgehead atoms. The average Bonchev–Trinajstić information content (AvgIpc) is 1.59. The van der Waals surface area contributed by atoms with Crippen LogP contribution in [-0.2, 0) is 0 Å². The van der Waals surface area contributed by atoms with Crippen LogP contribution in [0.1, 0.15) is 0 Å². The zero-order valence-electron chi connectivity index (χ0n) is 5.07. The smallest absolute Gasteiger partial charge is 0.219 e. The normalized spacial score (nSPS) is 13.0. The summed E-state index contributed by atoms with van der Waals surface area (Å²) in [5.41, 5.74) is 0. The van der Waals surface area contributed by atoms with Gasteiger partial charge in [0.25, 0.3) is 0 Å². The fraction of sp³-hybridized carbons (Fsp3) is 0.750. The maximum atomic E-state index is 8.83. The molecule has 0 atom stereocenters. The molecular formula is C4H11N2O2+. The van der Waals surface area contributed by atoms with Gasteiger partial charge in [-0.2, -0.15) is 0 Å². The van der Waals surface area contributed by atoms with Crippen LogP contribution < -0.4 is 0 Å². The Morgan fingerprint density at radius 1 is 1.62 bits per heavy atom. The number of hydroxylamine groups is 3. The molecule has 4 nitrogen and oxygen atoms in total. The van der Waals surface area contributed by atoms with Crippen LogP contribution in [0, 0.1) is 0 Å².